The fourth-order valence-corrected chi connectivity index (χ4v) is 9.28. The van der Waals surface area contributed by atoms with Gasteiger partial charge in [-0.25, -0.2) is 8.78 Å². The van der Waals surface area contributed by atoms with Crippen LogP contribution in [0.15, 0.2) is 36.9 Å². The quantitative estimate of drug-likeness (QED) is 0.187. The third-order valence-electron chi connectivity index (χ3n) is 12.1. The highest BCUT2D eigenvalue weighted by Gasteiger charge is 2.56. The molecule has 3 fully saturated rings. The number of rotatable bonds is 9. The van der Waals surface area contributed by atoms with Crippen LogP contribution in [-0.2, 0) is 16.0 Å². The van der Waals surface area contributed by atoms with Gasteiger partial charge in [0, 0.05) is 69.3 Å². The Hall–Kier alpha value is -4.53. The molecule has 0 radical (unpaired) electrons. The number of ether oxygens (including phenoxy) is 2. The molecular weight excluding hydrogens is 688 g/mol. The highest BCUT2D eigenvalue weighted by Crippen LogP contribution is 2.47. The molecule has 7 rings (SSSR count). The van der Waals surface area contributed by atoms with Crippen LogP contribution in [0.2, 0.25) is 0 Å². The Balaban J connectivity index is 1.30. The lowest BCUT2D eigenvalue weighted by atomic mass is 9.71. The molecule has 3 atom stereocenters. The van der Waals surface area contributed by atoms with Crippen LogP contribution in [0.5, 0.6) is 11.8 Å². The lowest BCUT2D eigenvalue weighted by Crippen LogP contribution is -2.61. The fraction of sp³-hybridized carbons (Fsp3) is 0.512. The number of benzene rings is 2. The van der Waals surface area contributed by atoms with Gasteiger partial charge < -0.3 is 24.4 Å². The number of aromatic hydroxyl groups is 1. The molecule has 3 aromatic rings. The second-order valence-corrected chi connectivity index (χ2v) is 16.3. The van der Waals surface area contributed by atoms with Crippen molar-refractivity contribution in [2.45, 2.75) is 89.5 Å². The van der Waals surface area contributed by atoms with Gasteiger partial charge in [-0.05, 0) is 90.8 Å². The number of terminal acetylenes is 1. The zero-order chi connectivity index (χ0) is 38.4. The normalized spacial score (nSPS) is 23.6. The first kappa shape index (κ1) is 37.8. The molecule has 1 aromatic heterocycles. The molecule has 1 aliphatic carbocycles. The largest absolute Gasteiger partial charge is 0.508 e. The van der Waals surface area contributed by atoms with Crippen molar-refractivity contribution in [3.05, 3.63) is 65.1 Å². The lowest BCUT2D eigenvalue weighted by molar-refractivity contribution is -0.126. The van der Waals surface area contributed by atoms with Crippen molar-refractivity contribution in [3.63, 3.8) is 0 Å². The Labute approximate surface area is 317 Å². The summed E-state index contributed by atoms with van der Waals surface area (Å²) < 4.78 is 42.9. The number of likely N-dealkylation sites (tertiary alicyclic amines) is 2. The minimum atomic E-state index is -0.991. The molecule has 1 N–H and O–H groups in total. The second kappa shape index (κ2) is 15.0. The van der Waals surface area contributed by atoms with E-state index in [-0.39, 0.29) is 47.3 Å². The number of aromatic nitrogens is 2. The number of hydrogen-bond donors (Lipinski definition) is 1. The SMILES string of the molecule is C#Cc1c(F)ccc2cc(O)cc(C3=Cc4nc(OC[C@]5(C(C)(C)C)C[C@@H](F)CN5C5CCOCC5)nc(N(C)C[C@@H]5CCCN5C(=O)C=C)c4CC3)c12. The summed E-state index contributed by atoms with van der Waals surface area (Å²) in [7, 11) is 1.97. The number of anilines is 1. The van der Waals surface area contributed by atoms with Crippen LogP contribution in [0.1, 0.15) is 81.7 Å². The molecule has 0 bridgehead atoms. The minimum absolute atomic E-state index is 0.0157. The smallest absolute Gasteiger partial charge is 0.318 e. The molecule has 2 aromatic carbocycles. The van der Waals surface area contributed by atoms with Crippen LogP contribution in [0.25, 0.3) is 22.4 Å². The standard InChI is InChI=1S/C43H51F2N5O4/c1-7-33-36(45)14-12-28-20-32(51)22-35(39(28)33)27-11-13-34-37(21-27)46-41(47-40(34)48(6)25-31-10-9-17-49(31)38(52)8-2)54-26-43(42(3,4)5)23-29(44)24-50(43)30-15-18-53-19-16-30/h1,8,12,14,20-22,29-31,51H,2,9-11,13,15-19,23-26H2,3-6H3/t29-,31+,43+/m1/s1. The number of hydrogen-bond acceptors (Lipinski definition) is 8. The summed E-state index contributed by atoms with van der Waals surface area (Å²) >= 11 is 0. The number of alkyl halides is 1. The molecular formula is C43H51F2N5O4. The fourth-order valence-electron chi connectivity index (χ4n) is 9.28. The predicted octanol–water partition coefficient (Wildman–Crippen LogP) is 6.94. The van der Waals surface area contributed by atoms with E-state index in [2.05, 4.69) is 43.1 Å². The number of fused-ring (bicyclic) bond motifs is 2. The van der Waals surface area contributed by atoms with Crippen molar-refractivity contribution in [3.8, 4) is 24.1 Å². The summed E-state index contributed by atoms with van der Waals surface area (Å²) in [5.41, 5.74) is 2.23. The van der Waals surface area contributed by atoms with Crippen molar-refractivity contribution in [1.82, 2.24) is 19.8 Å². The van der Waals surface area contributed by atoms with E-state index in [0.29, 0.717) is 80.0 Å². The van der Waals surface area contributed by atoms with Gasteiger partial charge in [0.15, 0.2) is 0 Å². The average molecular weight is 740 g/mol. The van der Waals surface area contributed by atoms with E-state index in [9.17, 15) is 9.90 Å². The number of nitrogens with zero attached hydrogens (tertiary/aromatic N) is 5. The summed E-state index contributed by atoms with van der Waals surface area (Å²) in [5.74, 6) is 2.67. The third kappa shape index (κ3) is 6.95. The van der Waals surface area contributed by atoms with Crippen molar-refractivity contribution in [2.75, 3.05) is 51.4 Å². The number of phenolic OH excluding ortho intramolecular Hbond substituents is 1. The van der Waals surface area contributed by atoms with E-state index in [1.807, 2.05) is 18.0 Å². The summed E-state index contributed by atoms with van der Waals surface area (Å²) in [6.45, 7) is 13.2. The Bertz CT molecular complexity index is 2020. The molecule has 286 valence electrons. The van der Waals surface area contributed by atoms with E-state index in [4.69, 9.17) is 25.9 Å². The number of halogens is 2. The lowest BCUT2D eigenvalue weighted by Gasteiger charge is -2.51. The Morgan fingerprint density at radius 3 is 2.72 bits per heavy atom. The zero-order valence-electron chi connectivity index (χ0n) is 31.8. The highest BCUT2D eigenvalue weighted by atomic mass is 19.1. The van der Waals surface area contributed by atoms with Gasteiger partial charge >= 0.3 is 6.01 Å². The Morgan fingerprint density at radius 2 is 2.00 bits per heavy atom. The Kier molecular flexibility index (Phi) is 10.5. The van der Waals surface area contributed by atoms with Crippen molar-refractivity contribution in [2.24, 2.45) is 5.41 Å². The molecule has 0 spiro atoms. The van der Waals surface area contributed by atoms with Gasteiger partial charge in [0.1, 0.15) is 30.2 Å². The predicted molar refractivity (Wildman–Crippen MR) is 208 cm³/mol. The van der Waals surface area contributed by atoms with E-state index in [0.717, 1.165) is 36.8 Å². The van der Waals surface area contributed by atoms with Gasteiger partial charge in [-0.2, -0.15) is 9.97 Å². The van der Waals surface area contributed by atoms with Gasteiger partial charge in [0.2, 0.25) is 5.91 Å². The van der Waals surface area contributed by atoms with Crippen LogP contribution >= 0.6 is 0 Å². The number of amides is 1. The van der Waals surface area contributed by atoms with E-state index in [1.54, 1.807) is 18.2 Å². The minimum Gasteiger partial charge on any atom is -0.508 e. The molecule has 1 amide bonds. The van der Waals surface area contributed by atoms with Crippen LogP contribution in [0, 0.1) is 23.6 Å². The third-order valence-corrected chi connectivity index (χ3v) is 12.1. The summed E-state index contributed by atoms with van der Waals surface area (Å²) in [4.78, 5) is 29.0. The summed E-state index contributed by atoms with van der Waals surface area (Å²) in [5, 5.41) is 11.9. The van der Waals surface area contributed by atoms with E-state index in [1.165, 1.54) is 12.1 Å². The number of phenols is 1. The molecule has 4 aliphatic rings. The molecule has 11 heteroatoms. The first-order valence-electron chi connectivity index (χ1n) is 19.1. The number of allylic oxidation sites excluding steroid dienone is 1. The van der Waals surface area contributed by atoms with Crippen LogP contribution in [0.3, 0.4) is 0 Å². The Morgan fingerprint density at radius 1 is 1.22 bits per heavy atom. The first-order valence-corrected chi connectivity index (χ1v) is 19.1. The molecule has 0 saturated carbocycles. The molecule has 54 heavy (non-hydrogen) atoms. The first-order chi connectivity index (χ1) is 25.8. The summed E-state index contributed by atoms with van der Waals surface area (Å²) in [6, 6.07) is 6.49. The van der Waals surface area contributed by atoms with Crippen molar-refractivity contribution in [1.29, 1.82) is 0 Å². The van der Waals surface area contributed by atoms with Crippen LogP contribution in [-0.4, -0.2) is 101 Å². The van der Waals surface area contributed by atoms with Gasteiger partial charge in [0.25, 0.3) is 0 Å². The number of carbonyl (C=O) groups is 1. The molecule has 9 nitrogen and oxygen atoms in total. The van der Waals surface area contributed by atoms with Gasteiger partial charge in [0.05, 0.1) is 16.8 Å². The monoisotopic (exact) mass is 739 g/mol. The van der Waals surface area contributed by atoms with Gasteiger partial charge in [-0.3, -0.25) is 9.69 Å². The summed E-state index contributed by atoms with van der Waals surface area (Å²) in [6.07, 6.45) is 13.1. The zero-order valence-corrected chi connectivity index (χ0v) is 31.8. The molecule has 3 aliphatic heterocycles. The molecule has 3 saturated heterocycles. The maximum absolute atomic E-state index is 15.5. The maximum atomic E-state index is 15.5. The molecule has 0 unspecified atom stereocenters. The van der Waals surface area contributed by atoms with Crippen molar-refractivity contribution < 1.29 is 28.2 Å². The molecule has 4 heterocycles. The number of likely N-dealkylation sites (N-methyl/N-ethyl adjacent to an activating group) is 1. The topological polar surface area (TPSA) is 91.3 Å². The van der Waals surface area contributed by atoms with E-state index >= 15 is 8.78 Å². The second-order valence-electron chi connectivity index (χ2n) is 16.3. The van der Waals surface area contributed by atoms with Crippen LogP contribution < -0.4 is 9.64 Å². The van der Waals surface area contributed by atoms with Gasteiger partial charge in [-0.15, -0.1) is 6.42 Å². The maximum Gasteiger partial charge on any atom is 0.318 e. The van der Waals surface area contributed by atoms with Gasteiger partial charge in [-0.1, -0.05) is 39.3 Å². The van der Waals surface area contributed by atoms with Crippen LogP contribution in [0.4, 0.5) is 14.6 Å². The van der Waals surface area contributed by atoms with Crippen molar-refractivity contribution >= 4 is 34.1 Å². The van der Waals surface area contributed by atoms with E-state index < -0.39 is 17.5 Å². The number of carbonyl (C=O) groups excluding carboxylic acids is 1. The highest BCUT2D eigenvalue weighted by molar-refractivity contribution is 6.02. The average Bonchev–Trinajstić information content (AvgIpc) is 3.77.